The number of aliphatic carboxylic acids is 1. The Morgan fingerprint density at radius 2 is 1.88 bits per heavy atom. The van der Waals surface area contributed by atoms with Crippen molar-refractivity contribution in [2.75, 3.05) is 13.7 Å². The highest BCUT2D eigenvalue weighted by Gasteiger charge is 2.28. The van der Waals surface area contributed by atoms with Crippen LogP contribution in [0.15, 0.2) is 53.3 Å². The highest BCUT2D eigenvalue weighted by Crippen LogP contribution is 2.41. The summed E-state index contributed by atoms with van der Waals surface area (Å²) in [5, 5.41) is 11.8. The van der Waals surface area contributed by atoms with Crippen LogP contribution in [0.3, 0.4) is 0 Å². The summed E-state index contributed by atoms with van der Waals surface area (Å²) < 4.78 is 10.5. The molecule has 2 aliphatic rings. The SMILES string of the molecule is COc1cc(CC(=O)NC2=CC=CC(=C3CCC(C(C)(C)C)CC3)C2)ccc1OCC(=O)O. The van der Waals surface area contributed by atoms with E-state index in [9.17, 15) is 9.59 Å². The molecule has 1 aromatic rings. The molecule has 1 aromatic carbocycles. The molecule has 2 aliphatic carbocycles. The molecule has 0 atom stereocenters. The van der Waals surface area contributed by atoms with E-state index < -0.39 is 12.6 Å². The number of hydrogen-bond acceptors (Lipinski definition) is 4. The Morgan fingerprint density at radius 3 is 2.52 bits per heavy atom. The summed E-state index contributed by atoms with van der Waals surface area (Å²) >= 11 is 0. The molecule has 3 rings (SSSR count). The predicted molar refractivity (Wildman–Crippen MR) is 128 cm³/mol. The van der Waals surface area contributed by atoms with Gasteiger partial charge in [0.15, 0.2) is 18.1 Å². The summed E-state index contributed by atoms with van der Waals surface area (Å²) in [5.41, 5.74) is 4.89. The average Bonchev–Trinajstić information content (AvgIpc) is 2.77. The standard InChI is InChI=1S/C27H35NO5/c1-27(2,3)21-11-9-19(10-12-21)20-6-5-7-22(16-20)28-25(29)15-18-8-13-23(24(14-18)32-4)33-17-26(30)31/h5-8,13-14,21H,9-12,15-17H2,1-4H3,(H,28,29)(H,30,31). The van der Waals surface area contributed by atoms with E-state index >= 15 is 0 Å². The van der Waals surface area contributed by atoms with E-state index in [1.165, 1.54) is 31.1 Å². The van der Waals surface area contributed by atoms with Crippen molar-refractivity contribution in [1.29, 1.82) is 0 Å². The molecule has 1 amide bonds. The first kappa shape index (κ1) is 24.6. The van der Waals surface area contributed by atoms with Gasteiger partial charge in [0.2, 0.25) is 5.91 Å². The van der Waals surface area contributed by atoms with Gasteiger partial charge in [0.1, 0.15) is 0 Å². The van der Waals surface area contributed by atoms with E-state index in [1.807, 2.05) is 12.2 Å². The Hall–Kier alpha value is -3.02. The minimum atomic E-state index is -1.06. The number of carbonyl (C=O) groups excluding carboxylic acids is 1. The van der Waals surface area contributed by atoms with Gasteiger partial charge >= 0.3 is 5.97 Å². The number of methoxy groups -OCH3 is 1. The molecule has 178 valence electrons. The number of carbonyl (C=O) groups is 2. The first-order chi connectivity index (χ1) is 15.7. The molecule has 0 unspecified atom stereocenters. The summed E-state index contributed by atoms with van der Waals surface area (Å²) in [5.74, 6) is 0.341. The summed E-state index contributed by atoms with van der Waals surface area (Å²) in [6.07, 6.45) is 11.9. The van der Waals surface area contributed by atoms with Crippen LogP contribution in [0.25, 0.3) is 0 Å². The van der Waals surface area contributed by atoms with Crippen molar-refractivity contribution in [2.45, 2.75) is 59.3 Å². The second kappa shape index (κ2) is 10.7. The highest BCUT2D eigenvalue weighted by molar-refractivity contribution is 5.80. The van der Waals surface area contributed by atoms with Gasteiger partial charge in [0.05, 0.1) is 13.5 Å². The fraction of sp³-hybridized carbons (Fsp3) is 0.481. The summed E-state index contributed by atoms with van der Waals surface area (Å²) in [4.78, 5) is 23.4. The fourth-order valence-electron chi connectivity index (χ4n) is 4.57. The lowest BCUT2D eigenvalue weighted by Gasteiger charge is -2.35. The van der Waals surface area contributed by atoms with Crippen molar-refractivity contribution >= 4 is 11.9 Å². The smallest absolute Gasteiger partial charge is 0.341 e. The molecule has 0 bridgehead atoms. The van der Waals surface area contributed by atoms with Crippen LogP contribution in [0, 0.1) is 11.3 Å². The van der Waals surface area contributed by atoms with E-state index in [2.05, 4.69) is 32.2 Å². The van der Waals surface area contributed by atoms with E-state index in [0.29, 0.717) is 16.9 Å². The van der Waals surface area contributed by atoms with E-state index in [-0.39, 0.29) is 12.3 Å². The molecule has 0 saturated heterocycles. The zero-order chi connectivity index (χ0) is 24.0. The maximum absolute atomic E-state index is 12.7. The van der Waals surface area contributed by atoms with Crippen molar-refractivity contribution in [1.82, 2.24) is 5.32 Å². The molecular formula is C27H35NO5. The zero-order valence-corrected chi connectivity index (χ0v) is 20.1. The van der Waals surface area contributed by atoms with Crippen molar-refractivity contribution < 1.29 is 24.2 Å². The minimum Gasteiger partial charge on any atom is -0.493 e. The quantitative estimate of drug-likeness (QED) is 0.593. The lowest BCUT2D eigenvalue weighted by molar-refractivity contribution is -0.139. The number of carboxylic acid groups (broad SMARTS) is 1. The number of rotatable bonds is 7. The van der Waals surface area contributed by atoms with Crippen LogP contribution in [0.1, 0.15) is 58.4 Å². The van der Waals surface area contributed by atoms with Crippen LogP contribution in [-0.4, -0.2) is 30.7 Å². The van der Waals surface area contributed by atoms with Crippen LogP contribution >= 0.6 is 0 Å². The van der Waals surface area contributed by atoms with E-state index in [1.54, 1.807) is 18.2 Å². The van der Waals surface area contributed by atoms with Crippen molar-refractivity contribution in [2.24, 2.45) is 11.3 Å². The van der Waals surface area contributed by atoms with Crippen LogP contribution in [0.4, 0.5) is 0 Å². The lowest BCUT2D eigenvalue weighted by atomic mass is 9.70. The Bertz CT molecular complexity index is 971. The Labute approximate surface area is 196 Å². The monoisotopic (exact) mass is 453 g/mol. The van der Waals surface area contributed by atoms with Gasteiger partial charge < -0.3 is 19.9 Å². The average molecular weight is 454 g/mol. The first-order valence-corrected chi connectivity index (χ1v) is 11.5. The molecule has 1 fully saturated rings. The molecule has 2 N–H and O–H groups in total. The summed E-state index contributed by atoms with van der Waals surface area (Å²) in [6, 6.07) is 5.08. The molecule has 0 aliphatic heterocycles. The van der Waals surface area contributed by atoms with Crippen molar-refractivity contribution in [3.8, 4) is 11.5 Å². The van der Waals surface area contributed by atoms with Gasteiger partial charge in [-0.05, 0) is 66.4 Å². The largest absolute Gasteiger partial charge is 0.493 e. The Morgan fingerprint density at radius 1 is 1.15 bits per heavy atom. The molecule has 6 heteroatoms. The molecular weight excluding hydrogens is 418 g/mol. The van der Waals surface area contributed by atoms with Gasteiger partial charge in [0, 0.05) is 12.1 Å². The lowest BCUT2D eigenvalue weighted by Crippen LogP contribution is -2.26. The Kier molecular flexibility index (Phi) is 8.01. The van der Waals surface area contributed by atoms with Gasteiger partial charge in [-0.2, -0.15) is 0 Å². The zero-order valence-electron chi connectivity index (χ0n) is 20.1. The maximum Gasteiger partial charge on any atom is 0.341 e. The first-order valence-electron chi connectivity index (χ1n) is 11.5. The van der Waals surface area contributed by atoms with Gasteiger partial charge in [0.25, 0.3) is 0 Å². The number of carboxylic acids is 1. The maximum atomic E-state index is 12.7. The Balaban J connectivity index is 1.57. The number of allylic oxidation sites excluding steroid dienone is 5. The predicted octanol–water partition coefficient (Wildman–Crippen LogP) is 5.19. The van der Waals surface area contributed by atoms with Gasteiger partial charge in [-0.1, -0.05) is 44.6 Å². The van der Waals surface area contributed by atoms with E-state index in [0.717, 1.165) is 36.4 Å². The topological polar surface area (TPSA) is 84.9 Å². The second-order valence-electron chi connectivity index (χ2n) is 9.89. The van der Waals surface area contributed by atoms with Crippen molar-refractivity contribution in [3.05, 3.63) is 58.8 Å². The van der Waals surface area contributed by atoms with Crippen LogP contribution < -0.4 is 14.8 Å². The number of benzene rings is 1. The molecule has 33 heavy (non-hydrogen) atoms. The fourth-order valence-corrected chi connectivity index (χ4v) is 4.57. The number of nitrogens with one attached hydrogen (secondary N) is 1. The minimum absolute atomic E-state index is 0.0985. The second-order valence-corrected chi connectivity index (χ2v) is 9.89. The van der Waals surface area contributed by atoms with Gasteiger partial charge in [-0.25, -0.2) is 4.79 Å². The third-order valence-corrected chi connectivity index (χ3v) is 6.49. The van der Waals surface area contributed by atoms with Gasteiger partial charge in [-0.3, -0.25) is 4.79 Å². The third-order valence-electron chi connectivity index (χ3n) is 6.49. The molecule has 1 saturated carbocycles. The van der Waals surface area contributed by atoms with Crippen LogP contribution in [0.2, 0.25) is 0 Å². The van der Waals surface area contributed by atoms with E-state index in [4.69, 9.17) is 14.6 Å². The molecule has 0 aromatic heterocycles. The van der Waals surface area contributed by atoms with Crippen LogP contribution in [0.5, 0.6) is 11.5 Å². The van der Waals surface area contributed by atoms with Crippen LogP contribution in [-0.2, 0) is 16.0 Å². The highest BCUT2D eigenvalue weighted by atomic mass is 16.5. The van der Waals surface area contributed by atoms with Gasteiger partial charge in [-0.15, -0.1) is 0 Å². The molecule has 6 nitrogen and oxygen atoms in total. The summed E-state index contributed by atoms with van der Waals surface area (Å²) in [6.45, 7) is 6.54. The number of ether oxygens (including phenoxy) is 2. The van der Waals surface area contributed by atoms with Crippen molar-refractivity contribution in [3.63, 3.8) is 0 Å². The molecule has 0 heterocycles. The number of hydrogen-bond donors (Lipinski definition) is 2. The molecule has 0 radical (unpaired) electrons. The molecule has 0 spiro atoms. The summed E-state index contributed by atoms with van der Waals surface area (Å²) in [7, 11) is 1.48. The third kappa shape index (κ3) is 6.98. The number of amides is 1. The normalized spacial score (nSPS) is 18.5.